The molecule has 0 radical (unpaired) electrons. The highest BCUT2D eigenvalue weighted by Crippen LogP contribution is 2.64. The maximum Gasteiger partial charge on any atom is 0.460 e. The minimum Gasteiger partial charge on any atom is -0.452 e. The minimum atomic E-state index is -8.81. The van der Waals surface area contributed by atoms with Gasteiger partial charge in [0.05, 0.1) is 23.3 Å². The second-order valence-corrected chi connectivity index (χ2v) is 14.4. The molecule has 0 bridgehead atoms. The quantitative estimate of drug-likeness (QED) is 0.0805. The van der Waals surface area contributed by atoms with Crippen LogP contribution in [0, 0.1) is 0 Å². The molecule has 63 heavy (non-hydrogen) atoms. The van der Waals surface area contributed by atoms with Crippen LogP contribution >= 0.6 is 11.8 Å². The van der Waals surface area contributed by atoms with Crippen LogP contribution in [-0.2, 0) is 18.9 Å². The first-order chi connectivity index (χ1) is 28.9. The average molecular weight is 955 g/mol. The molecule has 0 aromatic heterocycles. The van der Waals surface area contributed by atoms with Crippen molar-refractivity contribution >= 4 is 29.7 Å². The molecule has 0 saturated carbocycles. The van der Waals surface area contributed by atoms with Crippen molar-refractivity contribution in [3.63, 3.8) is 0 Å². The molecule has 8 nitrogen and oxygen atoms in total. The number of benzene rings is 3. The maximum absolute atomic E-state index is 14.9. The average Bonchev–Trinajstić information content (AvgIpc) is 3.22. The first kappa shape index (κ1) is 50.8. The third-order valence-corrected chi connectivity index (χ3v) is 10.2. The lowest BCUT2D eigenvalue weighted by Crippen LogP contribution is -2.74. The summed E-state index contributed by atoms with van der Waals surface area (Å²) in [5, 5.41) is 10.3. The summed E-state index contributed by atoms with van der Waals surface area (Å²) in [6.07, 6.45) is -19.3. The summed E-state index contributed by atoms with van der Waals surface area (Å²) in [7, 11) is 0. The third kappa shape index (κ3) is 9.52. The normalized spacial score (nSPS) is 20.8. The topological polar surface area (TPSA) is 108 Å². The van der Waals surface area contributed by atoms with Gasteiger partial charge in [-0.3, -0.25) is 0 Å². The molecule has 5 atom stereocenters. The number of rotatable bonds is 17. The van der Waals surface area contributed by atoms with E-state index in [0.717, 1.165) is 12.1 Å². The van der Waals surface area contributed by atoms with Crippen molar-refractivity contribution in [1.29, 1.82) is 0 Å². The number of ether oxygens (including phenoxy) is 4. The Morgan fingerprint density at radius 1 is 0.492 bits per heavy atom. The van der Waals surface area contributed by atoms with E-state index in [9.17, 15) is 94.1 Å². The number of halogens is 17. The van der Waals surface area contributed by atoms with Crippen molar-refractivity contribution in [3.8, 4) is 0 Å². The lowest BCUT2D eigenvalue weighted by Gasteiger charge is -2.44. The van der Waals surface area contributed by atoms with Gasteiger partial charge < -0.3 is 24.1 Å². The third-order valence-electron chi connectivity index (χ3n) is 9.01. The zero-order valence-electron chi connectivity index (χ0n) is 30.8. The van der Waals surface area contributed by atoms with E-state index in [-0.39, 0.29) is 28.5 Å². The minimum absolute atomic E-state index is 0.183. The van der Waals surface area contributed by atoms with Gasteiger partial charge in [0.2, 0.25) is 0 Å². The molecule has 0 aliphatic carbocycles. The van der Waals surface area contributed by atoms with Gasteiger partial charge in [0.25, 0.3) is 0 Å². The van der Waals surface area contributed by atoms with Crippen LogP contribution in [0.5, 0.6) is 0 Å². The van der Waals surface area contributed by atoms with Crippen molar-refractivity contribution in [3.05, 3.63) is 108 Å². The van der Waals surface area contributed by atoms with E-state index in [1.807, 2.05) is 0 Å². The number of thioether (sulfide) groups is 1. The molecule has 4 rings (SSSR count). The number of hydrogen-bond acceptors (Lipinski definition) is 9. The smallest absolute Gasteiger partial charge is 0.452 e. The Morgan fingerprint density at radius 3 is 1.19 bits per heavy atom. The summed E-state index contributed by atoms with van der Waals surface area (Å²) in [5.74, 6) is -63.6. The van der Waals surface area contributed by atoms with Crippen molar-refractivity contribution in [1.82, 2.24) is 0 Å². The van der Waals surface area contributed by atoms with Crippen LogP contribution in [0.2, 0.25) is 0 Å². The van der Waals surface area contributed by atoms with Crippen LogP contribution < -0.4 is 0 Å². The van der Waals surface area contributed by atoms with Crippen LogP contribution in [0.3, 0.4) is 0 Å². The number of aliphatic hydroxyl groups excluding tert-OH is 1. The fraction of sp³-hybridized carbons (Fsp3) is 0.432. The molecule has 0 spiro atoms. The Labute approximate surface area is 346 Å². The van der Waals surface area contributed by atoms with Crippen LogP contribution in [0.4, 0.5) is 74.6 Å². The van der Waals surface area contributed by atoms with Gasteiger partial charge in [-0.2, -0.15) is 74.6 Å². The van der Waals surface area contributed by atoms with Gasteiger partial charge in [-0.25, -0.2) is 14.4 Å². The van der Waals surface area contributed by atoms with Gasteiger partial charge in [0.1, 0.15) is 11.5 Å². The summed E-state index contributed by atoms with van der Waals surface area (Å²) in [6.45, 7) is -1.26. The molecule has 1 aliphatic rings. The molecule has 3 aromatic carbocycles. The lowest BCUT2D eigenvalue weighted by molar-refractivity contribution is -0.461. The van der Waals surface area contributed by atoms with Gasteiger partial charge in [-0.15, -0.1) is 11.8 Å². The number of esters is 3. The monoisotopic (exact) mass is 954 g/mol. The molecule has 1 N–H and O–H groups in total. The Balaban J connectivity index is 1.72. The summed E-state index contributed by atoms with van der Waals surface area (Å²) < 4.78 is 258. The Kier molecular flexibility index (Phi) is 14.8. The van der Waals surface area contributed by atoms with Gasteiger partial charge in [-0.05, 0) is 36.4 Å². The molecule has 1 fully saturated rings. The highest BCUT2D eigenvalue weighted by Gasteiger charge is 2.95. The zero-order valence-corrected chi connectivity index (χ0v) is 31.6. The molecular formula is C37H27F17O8S. The van der Waals surface area contributed by atoms with Crippen LogP contribution in [0.15, 0.2) is 91.0 Å². The molecular weight excluding hydrogens is 927 g/mol. The zero-order chi connectivity index (χ0) is 47.6. The van der Waals surface area contributed by atoms with Crippen LogP contribution in [0.25, 0.3) is 0 Å². The SMILES string of the molecule is O=C(O[C@H]1[C@@H](OC(=O)c2ccccc2)[C@@H](CO)O[C@@H](SCCC(F)(F)C(F)(F)C(F)(F)C(F)(F)C(F)(F)C(F)(F)C(F)(F)C(F)(F)F)[C@@H]1OC(=O)c1ccccc1)c1ccccc1. The van der Waals surface area contributed by atoms with Crippen molar-refractivity contribution in [2.45, 2.75) is 83.9 Å². The van der Waals surface area contributed by atoms with E-state index in [1.165, 1.54) is 78.9 Å². The highest BCUT2D eigenvalue weighted by molar-refractivity contribution is 7.99. The standard InChI is InChI=1S/C37H27F17O8S/c38-30(39,31(40,41)32(42,43)33(44,45)34(46,47)35(48,49)36(50,51)37(52,53)54)16-17-63-29-25(62-28(58)21-14-8-3-9-15-21)24(61-27(57)20-12-6-2-7-13-20)23(22(18-55)59-29)60-26(56)19-10-4-1-5-11-19/h1-15,22-25,29,55H,16-18H2/t22-,23+,24+,25-,29+/m1/s1. The molecule has 26 heteroatoms. The first-order valence-electron chi connectivity index (χ1n) is 17.3. The summed E-state index contributed by atoms with van der Waals surface area (Å²) in [6, 6.07) is 19.3. The summed E-state index contributed by atoms with van der Waals surface area (Å²) in [5.41, 5.74) is -2.96. The molecule has 3 aromatic rings. The number of carbonyl (C=O) groups is 3. The van der Waals surface area contributed by atoms with Crippen molar-refractivity contribution in [2.24, 2.45) is 0 Å². The second-order valence-electron chi connectivity index (χ2n) is 13.2. The number of hydrogen-bond donors (Lipinski definition) is 1. The van der Waals surface area contributed by atoms with Gasteiger partial charge in [-0.1, -0.05) is 54.6 Å². The van der Waals surface area contributed by atoms with Crippen molar-refractivity contribution in [2.75, 3.05) is 12.4 Å². The van der Waals surface area contributed by atoms with Gasteiger partial charge in [0, 0.05) is 12.2 Å². The predicted octanol–water partition coefficient (Wildman–Crippen LogP) is 9.51. The lowest BCUT2D eigenvalue weighted by atomic mass is 9.88. The van der Waals surface area contributed by atoms with E-state index < -0.39 is 114 Å². The van der Waals surface area contributed by atoms with E-state index in [1.54, 1.807) is 0 Å². The molecule has 348 valence electrons. The molecule has 1 saturated heterocycles. The number of aliphatic hydroxyl groups is 1. The van der Waals surface area contributed by atoms with E-state index >= 15 is 0 Å². The first-order valence-corrected chi connectivity index (χ1v) is 18.3. The number of alkyl halides is 17. The maximum atomic E-state index is 14.9. The van der Waals surface area contributed by atoms with Crippen molar-refractivity contribution < 1.29 is 113 Å². The summed E-state index contributed by atoms with van der Waals surface area (Å²) in [4.78, 5) is 39.9. The summed E-state index contributed by atoms with van der Waals surface area (Å²) >= 11 is -0.298. The molecule has 1 heterocycles. The Bertz CT molecular complexity index is 2040. The Morgan fingerprint density at radius 2 is 0.825 bits per heavy atom. The number of carbonyl (C=O) groups excluding carboxylic acids is 3. The van der Waals surface area contributed by atoms with Gasteiger partial charge in [0.15, 0.2) is 18.3 Å². The fourth-order valence-electron chi connectivity index (χ4n) is 5.52. The van der Waals surface area contributed by atoms with E-state index in [4.69, 9.17) is 18.9 Å². The fourth-order valence-corrected chi connectivity index (χ4v) is 6.74. The second kappa shape index (κ2) is 18.3. The predicted molar refractivity (Wildman–Crippen MR) is 180 cm³/mol. The van der Waals surface area contributed by atoms with Crippen LogP contribution in [0.1, 0.15) is 37.5 Å². The highest BCUT2D eigenvalue weighted by atomic mass is 32.2. The molecule has 0 amide bonds. The largest absolute Gasteiger partial charge is 0.460 e. The van der Waals surface area contributed by atoms with E-state index in [0.29, 0.717) is 0 Å². The molecule has 1 aliphatic heterocycles. The van der Waals surface area contributed by atoms with Crippen LogP contribution in [-0.4, -0.2) is 113 Å². The Hall–Kier alpha value is -4.85. The van der Waals surface area contributed by atoms with Gasteiger partial charge >= 0.3 is 65.5 Å². The molecule has 0 unspecified atom stereocenters. The van der Waals surface area contributed by atoms with E-state index in [2.05, 4.69) is 0 Å².